The average molecular weight is 385 g/mol. The molecule has 0 unspecified atom stereocenters. The number of ether oxygens (including phenoxy) is 2. The van der Waals surface area contributed by atoms with Crippen LogP contribution in [-0.2, 0) is 14.3 Å². The lowest BCUT2D eigenvalue weighted by Crippen LogP contribution is -2.29. The molecule has 0 atom stereocenters. The second-order valence-electron chi connectivity index (χ2n) is 7.50. The van der Waals surface area contributed by atoms with Crippen molar-refractivity contribution in [3.63, 3.8) is 0 Å². The van der Waals surface area contributed by atoms with Crippen LogP contribution in [0.25, 0.3) is 0 Å². The molecular formula is C22H40O5. The Hall–Kier alpha value is -1.43. The van der Waals surface area contributed by atoms with Gasteiger partial charge in [0.05, 0.1) is 12.2 Å². The van der Waals surface area contributed by atoms with E-state index in [9.17, 15) is 4.79 Å². The molecule has 0 radical (unpaired) electrons. The first-order valence-electron chi connectivity index (χ1n) is 9.74. The summed E-state index contributed by atoms with van der Waals surface area (Å²) in [6.45, 7) is 14.4. The van der Waals surface area contributed by atoms with Crippen LogP contribution in [0.2, 0.25) is 0 Å². The van der Waals surface area contributed by atoms with Crippen molar-refractivity contribution in [2.45, 2.75) is 72.3 Å². The molecule has 27 heavy (non-hydrogen) atoms. The fraction of sp³-hybridized carbons (Fsp3) is 0.682. The van der Waals surface area contributed by atoms with Crippen molar-refractivity contribution in [2.75, 3.05) is 19.8 Å². The van der Waals surface area contributed by atoms with E-state index in [1.165, 1.54) is 0 Å². The van der Waals surface area contributed by atoms with Crippen molar-refractivity contribution in [2.24, 2.45) is 5.92 Å². The second-order valence-corrected chi connectivity index (χ2v) is 7.50. The number of esters is 1. The Morgan fingerprint density at radius 2 is 1.78 bits per heavy atom. The molecule has 0 amide bonds. The summed E-state index contributed by atoms with van der Waals surface area (Å²) in [5, 5.41) is 17.8. The number of unbranched alkanes of at least 4 members (excludes halogenated alkanes) is 2. The van der Waals surface area contributed by atoms with Crippen molar-refractivity contribution < 1.29 is 24.5 Å². The van der Waals surface area contributed by atoms with Gasteiger partial charge in [-0.05, 0) is 51.2 Å². The molecule has 0 aliphatic heterocycles. The van der Waals surface area contributed by atoms with E-state index in [2.05, 4.69) is 27.4 Å². The minimum atomic E-state index is -0.510. The van der Waals surface area contributed by atoms with Gasteiger partial charge in [-0.25, -0.2) is 0 Å². The first kappa shape index (κ1) is 27.8. The Labute approximate surface area is 165 Å². The maximum absolute atomic E-state index is 11.8. The van der Waals surface area contributed by atoms with Crippen molar-refractivity contribution in [1.82, 2.24) is 0 Å². The molecule has 0 aliphatic carbocycles. The van der Waals surface area contributed by atoms with Crippen molar-refractivity contribution in [3.05, 3.63) is 36.6 Å². The van der Waals surface area contributed by atoms with Gasteiger partial charge < -0.3 is 19.7 Å². The molecule has 0 rings (SSSR count). The Bertz CT molecular complexity index is 433. The van der Waals surface area contributed by atoms with E-state index in [-0.39, 0.29) is 19.2 Å². The Balaban J connectivity index is 0. The van der Waals surface area contributed by atoms with Crippen LogP contribution in [0.1, 0.15) is 66.7 Å². The van der Waals surface area contributed by atoms with E-state index < -0.39 is 5.60 Å². The molecule has 0 aromatic rings. The molecule has 0 aromatic heterocycles. The zero-order chi connectivity index (χ0) is 21.1. The average Bonchev–Trinajstić information content (AvgIpc) is 2.58. The van der Waals surface area contributed by atoms with Gasteiger partial charge in [0.15, 0.2) is 0 Å². The van der Waals surface area contributed by atoms with Crippen LogP contribution in [0.4, 0.5) is 0 Å². The quantitative estimate of drug-likeness (QED) is 0.211. The number of allylic oxidation sites excluding steroid dienone is 3. The lowest BCUT2D eigenvalue weighted by molar-refractivity contribution is -0.139. The highest BCUT2D eigenvalue weighted by molar-refractivity contribution is 5.71. The number of carbonyl (C=O) groups is 1. The minimum Gasteiger partial charge on any atom is -0.427 e. The number of aliphatic hydroxyl groups is 2. The first-order chi connectivity index (χ1) is 12.7. The SMILES string of the molecule is C=C/C=C(\C=C/CCO)OC(=O)CCCCCOC(C)(C)CO.CC(C)C. The van der Waals surface area contributed by atoms with E-state index >= 15 is 0 Å². The lowest BCUT2D eigenvalue weighted by atomic mass is 10.1. The standard InChI is InChI=1S/C18H30O5.C4H10/c1-4-10-16(11-7-8-13-19)23-17(21)12-6-5-9-14-22-18(2,3)15-20;1-4(2)3/h4,7,10-11,19-20H,1,5-6,8-9,12-15H2,2-3H3;4H,1-3H3/b11-7-,16-10+;. The van der Waals surface area contributed by atoms with Gasteiger partial charge >= 0.3 is 5.97 Å². The fourth-order valence-corrected chi connectivity index (χ4v) is 1.64. The number of carbonyl (C=O) groups excluding carboxylic acids is 1. The predicted octanol–water partition coefficient (Wildman–Crippen LogP) is 4.55. The molecule has 5 heteroatoms. The minimum absolute atomic E-state index is 0.0124. The number of hydrogen-bond donors (Lipinski definition) is 2. The first-order valence-corrected chi connectivity index (χ1v) is 9.74. The summed E-state index contributed by atoms with van der Waals surface area (Å²) >= 11 is 0. The summed E-state index contributed by atoms with van der Waals surface area (Å²) in [6.07, 6.45) is 9.82. The van der Waals surface area contributed by atoms with E-state index in [1.807, 2.05) is 13.8 Å². The summed E-state index contributed by atoms with van der Waals surface area (Å²) in [5.74, 6) is 0.967. The van der Waals surface area contributed by atoms with Crippen molar-refractivity contribution in [1.29, 1.82) is 0 Å². The zero-order valence-corrected chi connectivity index (χ0v) is 17.9. The Morgan fingerprint density at radius 3 is 2.30 bits per heavy atom. The summed E-state index contributed by atoms with van der Waals surface area (Å²) in [6, 6.07) is 0. The van der Waals surface area contributed by atoms with Gasteiger partial charge in [-0.15, -0.1) is 0 Å². The third-order valence-electron chi connectivity index (χ3n) is 2.99. The fourth-order valence-electron chi connectivity index (χ4n) is 1.64. The molecule has 158 valence electrons. The van der Waals surface area contributed by atoms with Crippen LogP contribution < -0.4 is 0 Å². The highest BCUT2D eigenvalue weighted by atomic mass is 16.5. The van der Waals surface area contributed by atoms with Gasteiger partial charge in [0.1, 0.15) is 5.76 Å². The molecule has 0 fully saturated rings. The molecule has 0 heterocycles. The van der Waals surface area contributed by atoms with Crippen LogP contribution in [0.5, 0.6) is 0 Å². The lowest BCUT2D eigenvalue weighted by Gasteiger charge is -2.22. The number of rotatable bonds is 13. The molecule has 0 aliphatic rings. The predicted molar refractivity (Wildman–Crippen MR) is 111 cm³/mol. The molecule has 0 saturated carbocycles. The number of aliphatic hydroxyl groups excluding tert-OH is 2. The van der Waals surface area contributed by atoms with Gasteiger partial charge in [-0.1, -0.05) is 45.9 Å². The van der Waals surface area contributed by atoms with Crippen molar-refractivity contribution in [3.8, 4) is 0 Å². The van der Waals surface area contributed by atoms with Crippen LogP contribution in [0.15, 0.2) is 36.6 Å². The van der Waals surface area contributed by atoms with E-state index in [1.54, 1.807) is 24.3 Å². The van der Waals surface area contributed by atoms with E-state index in [0.717, 1.165) is 25.2 Å². The summed E-state index contributed by atoms with van der Waals surface area (Å²) in [7, 11) is 0. The molecule has 0 bridgehead atoms. The molecule has 5 nitrogen and oxygen atoms in total. The second kappa shape index (κ2) is 18.0. The Kier molecular flexibility index (Phi) is 18.5. The summed E-state index contributed by atoms with van der Waals surface area (Å²) in [5.41, 5.74) is -0.510. The van der Waals surface area contributed by atoms with Gasteiger partial charge in [0, 0.05) is 19.6 Å². The monoisotopic (exact) mass is 384 g/mol. The van der Waals surface area contributed by atoms with Crippen LogP contribution in [-0.4, -0.2) is 41.6 Å². The zero-order valence-electron chi connectivity index (χ0n) is 17.9. The van der Waals surface area contributed by atoms with Crippen molar-refractivity contribution >= 4 is 5.97 Å². The maximum Gasteiger partial charge on any atom is 0.311 e. The smallest absolute Gasteiger partial charge is 0.311 e. The third-order valence-corrected chi connectivity index (χ3v) is 2.99. The highest BCUT2D eigenvalue weighted by Gasteiger charge is 2.15. The molecular weight excluding hydrogens is 344 g/mol. The summed E-state index contributed by atoms with van der Waals surface area (Å²) < 4.78 is 10.8. The normalized spacial score (nSPS) is 12.1. The molecule has 0 spiro atoms. The van der Waals surface area contributed by atoms with Crippen LogP contribution in [0.3, 0.4) is 0 Å². The largest absolute Gasteiger partial charge is 0.427 e. The molecule has 2 N–H and O–H groups in total. The highest BCUT2D eigenvalue weighted by Crippen LogP contribution is 2.11. The third kappa shape index (κ3) is 22.5. The summed E-state index contributed by atoms with van der Waals surface area (Å²) in [4.78, 5) is 11.8. The van der Waals surface area contributed by atoms with E-state index in [0.29, 0.717) is 25.2 Å². The molecule has 0 saturated heterocycles. The maximum atomic E-state index is 11.8. The van der Waals surface area contributed by atoms with Gasteiger partial charge in [-0.3, -0.25) is 4.79 Å². The van der Waals surface area contributed by atoms with Crippen LogP contribution >= 0.6 is 0 Å². The van der Waals surface area contributed by atoms with Gasteiger partial charge in [0.25, 0.3) is 0 Å². The molecule has 0 aromatic carbocycles. The van der Waals surface area contributed by atoms with E-state index in [4.69, 9.17) is 19.7 Å². The number of hydrogen-bond acceptors (Lipinski definition) is 5. The Morgan fingerprint density at radius 1 is 1.15 bits per heavy atom. The van der Waals surface area contributed by atoms with Crippen LogP contribution in [0, 0.1) is 5.92 Å². The van der Waals surface area contributed by atoms with Gasteiger partial charge in [0.2, 0.25) is 0 Å². The van der Waals surface area contributed by atoms with Gasteiger partial charge in [-0.2, -0.15) is 0 Å². The topological polar surface area (TPSA) is 76.0 Å².